The van der Waals surface area contributed by atoms with Crippen LogP contribution in [0.1, 0.15) is 10.6 Å². The smallest absolute Gasteiger partial charge is 0.315 e. The number of aromatic nitrogens is 1. The first kappa shape index (κ1) is 15.9. The summed E-state index contributed by atoms with van der Waals surface area (Å²) in [6.07, 6.45) is 3.53. The Morgan fingerprint density at radius 3 is 3.00 bits per heavy atom. The second-order valence-corrected chi connectivity index (χ2v) is 6.75. The maximum absolute atomic E-state index is 12.2. The Balaban J connectivity index is 2.12. The third-order valence-corrected chi connectivity index (χ3v) is 4.99. The molecule has 2 heterocycles. The highest BCUT2D eigenvalue weighted by atomic mass is 32.2. The summed E-state index contributed by atoms with van der Waals surface area (Å²) in [6, 6.07) is 9.18. The highest BCUT2D eigenvalue weighted by Gasteiger charge is 2.11. The van der Waals surface area contributed by atoms with Crippen LogP contribution in [0.3, 0.4) is 0 Å². The zero-order valence-electron chi connectivity index (χ0n) is 12.8. The third-order valence-electron chi connectivity index (χ3n) is 3.34. The number of hydrogen-bond acceptors (Lipinski definition) is 5. The minimum absolute atomic E-state index is 0.247. The molecule has 0 spiro atoms. The van der Waals surface area contributed by atoms with Crippen molar-refractivity contribution in [3.05, 3.63) is 47.2 Å². The lowest BCUT2D eigenvalue weighted by Gasteiger charge is -2.05. The molecule has 0 aliphatic heterocycles. The zero-order valence-corrected chi connectivity index (χ0v) is 14.4. The number of amides is 1. The molecule has 1 aromatic carbocycles. The second kappa shape index (κ2) is 7.06. The average Bonchev–Trinajstić information content (AvgIpc) is 3.20. The predicted octanol–water partition coefficient (Wildman–Crippen LogP) is 3.41. The lowest BCUT2D eigenvalue weighted by molar-refractivity contribution is 0.0971. The van der Waals surface area contributed by atoms with E-state index in [9.17, 15) is 4.79 Å². The Hall–Kier alpha value is -1.99. The van der Waals surface area contributed by atoms with E-state index >= 15 is 0 Å². The number of carbonyl (C=O) groups excluding carboxylic acids is 1. The molecule has 5 nitrogen and oxygen atoms in total. The minimum atomic E-state index is -0.369. The largest absolute Gasteiger partial charge is 0.497 e. The van der Waals surface area contributed by atoms with E-state index in [0.29, 0.717) is 4.80 Å². The van der Waals surface area contributed by atoms with Crippen molar-refractivity contribution in [3.63, 3.8) is 0 Å². The van der Waals surface area contributed by atoms with Gasteiger partial charge in [0.25, 0.3) is 0 Å². The van der Waals surface area contributed by atoms with Crippen LogP contribution in [0.5, 0.6) is 5.75 Å². The van der Waals surface area contributed by atoms with Crippen molar-refractivity contribution in [1.29, 1.82) is 0 Å². The molecule has 0 aliphatic carbocycles. The number of carbonyl (C=O) groups is 1. The Morgan fingerprint density at radius 1 is 1.43 bits per heavy atom. The van der Waals surface area contributed by atoms with Crippen LogP contribution >= 0.6 is 23.1 Å². The fourth-order valence-electron chi connectivity index (χ4n) is 2.20. The van der Waals surface area contributed by atoms with Crippen LogP contribution in [-0.2, 0) is 6.54 Å². The van der Waals surface area contributed by atoms with Crippen LogP contribution in [0.2, 0.25) is 0 Å². The van der Waals surface area contributed by atoms with E-state index < -0.39 is 0 Å². The van der Waals surface area contributed by atoms with Crippen molar-refractivity contribution in [2.75, 3.05) is 19.1 Å². The Kier molecular flexibility index (Phi) is 4.88. The van der Waals surface area contributed by atoms with Crippen molar-refractivity contribution >= 4 is 39.2 Å². The van der Waals surface area contributed by atoms with E-state index in [2.05, 4.69) is 15.8 Å². The van der Waals surface area contributed by atoms with Gasteiger partial charge in [-0.25, -0.2) is 0 Å². The maximum atomic E-state index is 12.2. The molecule has 0 aliphatic rings. The van der Waals surface area contributed by atoms with E-state index in [0.717, 1.165) is 28.3 Å². The normalized spacial score (nSPS) is 12.0. The summed E-state index contributed by atoms with van der Waals surface area (Å²) >= 11 is 3.24. The summed E-state index contributed by atoms with van der Waals surface area (Å²) < 4.78 is 13.6. The van der Waals surface area contributed by atoms with Gasteiger partial charge in [0.15, 0.2) is 10.6 Å². The van der Waals surface area contributed by atoms with Gasteiger partial charge in [0.2, 0.25) is 0 Å². The molecule has 0 radical (unpaired) electrons. The molecule has 2 aromatic heterocycles. The van der Waals surface area contributed by atoms with Gasteiger partial charge < -0.3 is 13.7 Å². The summed E-state index contributed by atoms with van der Waals surface area (Å²) in [6.45, 7) is 0.776. The highest BCUT2D eigenvalue weighted by Crippen LogP contribution is 2.23. The molecule has 7 heteroatoms. The molecule has 0 saturated carbocycles. The van der Waals surface area contributed by atoms with Crippen LogP contribution in [0.15, 0.2) is 46.0 Å². The molecule has 1 amide bonds. The molecule has 0 atom stereocenters. The number of furan rings is 1. The van der Waals surface area contributed by atoms with Crippen LogP contribution in [0.4, 0.5) is 0 Å². The maximum Gasteiger partial charge on any atom is 0.315 e. The molecular formula is C16H16N2O3S2. The predicted molar refractivity (Wildman–Crippen MR) is 93.4 cm³/mol. The fraction of sp³-hybridized carbons (Fsp3) is 0.250. The van der Waals surface area contributed by atoms with Crippen molar-refractivity contribution in [1.82, 2.24) is 4.57 Å². The summed E-state index contributed by atoms with van der Waals surface area (Å²) in [5, 5.41) is 0. The molecule has 0 fully saturated rings. The van der Waals surface area contributed by atoms with Crippen molar-refractivity contribution in [2.45, 2.75) is 6.54 Å². The molecule has 23 heavy (non-hydrogen) atoms. The number of nitrogens with zero attached hydrogens (tertiary/aromatic N) is 2. The molecule has 0 unspecified atom stereocenters. The molecule has 120 valence electrons. The zero-order chi connectivity index (χ0) is 16.2. The molecule has 0 bridgehead atoms. The Morgan fingerprint density at radius 2 is 2.30 bits per heavy atom. The van der Waals surface area contributed by atoms with Gasteiger partial charge in [-0.2, -0.15) is 16.8 Å². The van der Waals surface area contributed by atoms with Gasteiger partial charge in [0.1, 0.15) is 5.75 Å². The van der Waals surface area contributed by atoms with Gasteiger partial charge in [-0.15, -0.1) is 0 Å². The summed E-state index contributed by atoms with van der Waals surface area (Å²) in [4.78, 5) is 17.1. The number of thioether (sulfide) groups is 1. The van der Waals surface area contributed by atoms with E-state index in [4.69, 9.17) is 9.15 Å². The number of methoxy groups -OCH3 is 1. The van der Waals surface area contributed by atoms with Crippen LogP contribution in [0, 0.1) is 0 Å². The molecule has 3 aromatic rings. The number of hydrogen-bond donors (Lipinski definition) is 0. The number of ether oxygens (including phenoxy) is 1. The Labute approximate surface area is 141 Å². The van der Waals surface area contributed by atoms with Gasteiger partial charge in [0.05, 0.1) is 23.6 Å². The lowest BCUT2D eigenvalue weighted by Crippen LogP contribution is -2.18. The number of aryl methyl sites for hydroxylation is 1. The van der Waals surface area contributed by atoms with Crippen LogP contribution in [-0.4, -0.2) is 29.6 Å². The molecule has 0 saturated heterocycles. The summed E-state index contributed by atoms with van der Waals surface area (Å²) in [7, 11) is 1.64. The van der Waals surface area contributed by atoms with E-state index in [1.54, 1.807) is 31.0 Å². The van der Waals surface area contributed by atoms with Crippen LogP contribution < -0.4 is 9.54 Å². The fourth-order valence-corrected chi connectivity index (χ4v) is 3.60. The topological polar surface area (TPSA) is 56.7 Å². The van der Waals surface area contributed by atoms with Gasteiger partial charge in [0, 0.05) is 18.4 Å². The van der Waals surface area contributed by atoms with E-state index in [-0.39, 0.29) is 11.7 Å². The van der Waals surface area contributed by atoms with E-state index in [1.165, 1.54) is 17.6 Å². The first-order valence-electron chi connectivity index (χ1n) is 7.02. The second-order valence-electron chi connectivity index (χ2n) is 4.76. The number of fused-ring (bicyclic) bond motifs is 1. The Bertz CT molecular complexity index is 879. The first-order valence-corrected chi connectivity index (χ1v) is 9.23. The van der Waals surface area contributed by atoms with Gasteiger partial charge in [-0.1, -0.05) is 11.3 Å². The summed E-state index contributed by atoms with van der Waals surface area (Å²) in [5.74, 6) is 1.60. The van der Waals surface area contributed by atoms with E-state index in [1.807, 2.05) is 18.2 Å². The average molecular weight is 348 g/mol. The lowest BCUT2D eigenvalue weighted by atomic mass is 10.3. The number of rotatable bonds is 5. The van der Waals surface area contributed by atoms with Gasteiger partial charge in [-0.3, -0.25) is 4.79 Å². The number of benzene rings is 1. The van der Waals surface area contributed by atoms with Crippen molar-refractivity contribution in [3.8, 4) is 5.75 Å². The van der Waals surface area contributed by atoms with Gasteiger partial charge >= 0.3 is 5.91 Å². The van der Waals surface area contributed by atoms with Crippen molar-refractivity contribution < 1.29 is 13.9 Å². The summed E-state index contributed by atoms with van der Waals surface area (Å²) in [5.41, 5.74) is 1.02. The third kappa shape index (κ3) is 3.35. The van der Waals surface area contributed by atoms with Gasteiger partial charge in [-0.05, 0) is 30.5 Å². The molecular weight excluding hydrogens is 332 g/mol. The SMILES string of the molecule is COc1ccc2sc(=NC(=O)c3ccco3)n(CCSC)c2c1. The van der Waals surface area contributed by atoms with Crippen LogP contribution in [0.25, 0.3) is 10.2 Å². The molecule has 3 rings (SSSR count). The molecule has 0 N–H and O–H groups in total. The standard InChI is InChI=1S/C16H16N2O3S2/c1-20-11-5-6-14-12(10-11)18(7-9-22-2)16(23-14)17-15(19)13-4-3-8-21-13/h3-6,8,10H,7,9H2,1-2H3. The quantitative estimate of drug-likeness (QED) is 0.709. The highest BCUT2D eigenvalue weighted by molar-refractivity contribution is 7.98. The minimum Gasteiger partial charge on any atom is -0.497 e. The number of thiazole rings is 1. The monoisotopic (exact) mass is 348 g/mol. The first-order chi connectivity index (χ1) is 11.2. The van der Waals surface area contributed by atoms with Crippen molar-refractivity contribution in [2.24, 2.45) is 4.99 Å².